The van der Waals surface area contributed by atoms with Gasteiger partial charge in [-0.25, -0.2) is 0 Å². The molecule has 1 heterocycles. The lowest BCUT2D eigenvalue weighted by atomic mass is 9.82. The van der Waals surface area contributed by atoms with Crippen molar-refractivity contribution in [3.05, 3.63) is 23.6 Å². The number of rotatable bonds is 0. The fraction of sp³-hybridized carbons (Fsp3) is 0.200. The van der Waals surface area contributed by atoms with Crippen LogP contribution in [0.15, 0.2) is 23.6 Å². The molecule has 0 aliphatic carbocycles. The average Bonchev–Trinajstić information content (AvgIpc) is 1.86. The molecule has 0 N–H and O–H groups in total. The second-order valence-electron chi connectivity index (χ2n) is 1.46. The maximum absolute atomic E-state index is 2.08. The van der Waals surface area contributed by atoms with Crippen molar-refractivity contribution >= 4 is 7.28 Å². The molecule has 1 radical (unpaired) electrons. The highest BCUT2D eigenvalue weighted by Gasteiger charge is 1.86. The van der Waals surface area contributed by atoms with Crippen molar-refractivity contribution < 1.29 is 0 Å². The second kappa shape index (κ2) is 1.33. The van der Waals surface area contributed by atoms with Gasteiger partial charge in [0, 0.05) is 0 Å². The molecule has 0 spiro atoms. The zero-order chi connectivity index (χ0) is 4.41. The molecule has 0 atom stereocenters. The second-order valence-corrected chi connectivity index (χ2v) is 1.46. The smallest absolute Gasteiger partial charge is 0.117 e. The third-order valence-corrected chi connectivity index (χ3v) is 0.829. The largest absolute Gasteiger partial charge is 0.171 e. The van der Waals surface area contributed by atoms with Crippen molar-refractivity contribution in [2.75, 3.05) is 0 Å². The van der Waals surface area contributed by atoms with Crippen LogP contribution < -0.4 is 0 Å². The Hall–Kier alpha value is -0.455. The van der Waals surface area contributed by atoms with Crippen molar-refractivity contribution in [1.82, 2.24) is 0 Å². The summed E-state index contributed by atoms with van der Waals surface area (Å²) in [5, 5.41) is 0. The molecule has 1 aliphatic rings. The summed E-state index contributed by atoms with van der Waals surface area (Å²) in [4.78, 5) is 0. The first-order chi connectivity index (χ1) is 2.89. The Morgan fingerprint density at radius 1 is 1.67 bits per heavy atom. The monoisotopic (exact) mass is 77.1 g/mol. The van der Waals surface area contributed by atoms with Crippen molar-refractivity contribution in [1.29, 1.82) is 0 Å². The summed E-state index contributed by atoms with van der Waals surface area (Å²) >= 11 is 0. The summed E-state index contributed by atoms with van der Waals surface area (Å²) in [6.45, 7) is 2.08. The SMILES string of the molecule is CC1=C[B]C=C1. The molecule has 0 aromatic rings. The van der Waals surface area contributed by atoms with Crippen LogP contribution in [0.3, 0.4) is 0 Å². The van der Waals surface area contributed by atoms with Crippen LogP contribution in [0.5, 0.6) is 0 Å². The van der Waals surface area contributed by atoms with Crippen LogP contribution in [0.4, 0.5) is 0 Å². The average molecular weight is 76.9 g/mol. The van der Waals surface area contributed by atoms with E-state index >= 15 is 0 Å². The fourth-order valence-corrected chi connectivity index (χ4v) is 0.470. The molecule has 0 aromatic carbocycles. The van der Waals surface area contributed by atoms with E-state index in [-0.39, 0.29) is 0 Å². The van der Waals surface area contributed by atoms with E-state index < -0.39 is 0 Å². The van der Waals surface area contributed by atoms with Gasteiger partial charge in [0.15, 0.2) is 7.28 Å². The minimum Gasteiger partial charge on any atom is -0.117 e. The van der Waals surface area contributed by atoms with Gasteiger partial charge < -0.3 is 0 Å². The molecule has 0 aromatic heterocycles. The van der Waals surface area contributed by atoms with Crippen molar-refractivity contribution in [2.24, 2.45) is 0 Å². The Morgan fingerprint density at radius 2 is 2.50 bits per heavy atom. The van der Waals surface area contributed by atoms with Gasteiger partial charge in [0.05, 0.1) is 0 Å². The molecule has 1 heteroatoms. The zero-order valence-electron chi connectivity index (χ0n) is 3.81. The highest BCUT2D eigenvalue weighted by atomic mass is 13.8. The fourth-order valence-electron chi connectivity index (χ4n) is 0.470. The molecule has 0 amide bonds. The van der Waals surface area contributed by atoms with Gasteiger partial charge in [-0.05, 0) is 6.92 Å². The van der Waals surface area contributed by atoms with Crippen LogP contribution >= 0.6 is 0 Å². The van der Waals surface area contributed by atoms with Gasteiger partial charge in [-0.1, -0.05) is 11.6 Å². The molecular weight excluding hydrogens is 70.9 g/mol. The summed E-state index contributed by atoms with van der Waals surface area (Å²) < 4.78 is 0. The number of hydrogen-bond acceptors (Lipinski definition) is 0. The summed E-state index contributed by atoms with van der Waals surface area (Å²) in [5.74, 6) is 4.12. The normalized spacial score (nSPS) is 17.2. The summed E-state index contributed by atoms with van der Waals surface area (Å²) in [7, 11) is 2.04. The van der Waals surface area contributed by atoms with E-state index in [0.717, 1.165) is 0 Å². The van der Waals surface area contributed by atoms with E-state index in [1.54, 1.807) is 0 Å². The van der Waals surface area contributed by atoms with Gasteiger partial charge >= 0.3 is 0 Å². The first-order valence-corrected chi connectivity index (χ1v) is 2.08. The topological polar surface area (TPSA) is 0 Å². The molecule has 0 saturated carbocycles. The van der Waals surface area contributed by atoms with E-state index in [2.05, 4.69) is 19.0 Å². The molecule has 6 heavy (non-hydrogen) atoms. The van der Waals surface area contributed by atoms with Gasteiger partial charge in [0.25, 0.3) is 0 Å². The zero-order valence-corrected chi connectivity index (χ0v) is 3.81. The van der Waals surface area contributed by atoms with Crippen molar-refractivity contribution in [3.8, 4) is 0 Å². The summed E-state index contributed by atoms with van der Waals surface area (Å²) in [6.07, 6.45) is 2.08. The maximum Gasteiger partial charge on any atom is 0.171 e. The molecule has 29 valence electrons. The van der Waals surface area contributed by atoms with Gasteiger partial charge in [-0.2, -0.15) is 0 Å². The lowest BCUT2D eigenvalue weighted by molar-refractivity contribution is 1.58. The predicted octanol–water partition coefficient (Wildman–Crippen LogP) is 1.12. The Morgan fingerprint density at radius 3 is 2.67 bits per heavy atom. The Labute approximate surface area is 38.8 Å². The molecule has 0 fully saturated rings. The predicted molar refractivity (Wildman–Crippen MR) is 28.7 cm³/mol. The van der Waals surface area contributed by atoms with Gasteiger partial charge in [-0.3, -0.25) is 0 Å². The summed E-state index contributed by atoms with van der Waals surface area (Å²) in [6, 6.07) is 0. The van der Waals surface area contributed by atoms with Crippen molar-refractivity contribution in [3.63, 3.8) is 0 Å². The van der Waals surface area contributed by atoms with Crippen LogP contribution in [0.2, 0.25) is 0 Å². The highest BCUT2D eigenvalue weighted by molar-refractivity contribution is 6.49. The molecular formula is C5H6B. The third kappa shape index (κ3) is 0.536. The van der Waals surface area contributed by atoms with Gasteiger partial charge in [0.2, 0.25) is 0 Å². The molecule has 0 unspecified atom stereocenters. The number of hydrogen-bond donors (Lipinski definition) is 0. The lowest BCUT2D eigenvalue weighted by Crippen LogP contribution is -1.65. The highest BCUT2D eigenvalue weighted by Crippen LogP contribution is 1.98. The minimum atomic E-state index is 1.34. The molecule has 1 aliphatic heterocycles. The Kier molecular flexibility index (Phi) is 0.828. The van der Waals surface area contributed by atoms with Gasteiger partial charge in [0.1, 0.15) is 0 Å². The van der Waals surface area contributed by atoms with E-state index in [1.165, 1.54) is 5.57 Å². The van der Waals surface area contributed by atoms with E-state index in [1.807, 2.05) is 13.3 Å². The number of allylic oxidation sites excluding steroid dienone is 2. The van der Waals surface area contributed by atoms with Crippen LogP contribution in [0, 0.1) is 0 Å². The van der Waals surface area contributed by atoms with Crippen molar-refractivity contribution in [2.45, 2.75) is 6.92 Å². The van der Waals surface area contributed by atoms with E-state index in [9.17, 15) is 0 Å². The summed E-state index contributed by atoms with van der Waals surface area (Å²) in [5.41, 5.74) is 1.34. The van der Waals surface area contributed by atoms with Crippen LogP contribution in [0.1, 0.15) is 6.92 Å². The van der Waals surface area contributed by atoms with Crippen LogP contribution in [0.25, 0.3) is 0 Å². The third-order valence-electron chi connectivity index (χ3n) is 0.829. The Bertz CT molecular complexity index is 97.8. The van der Waals surface area contributed by atoms with E-state index in [0.29, 0.717) is 0 Å². The van der Waals surface area contributed by atoms with Gasteiger partial charge in [-0.15, -0.1) is 12.0 Å². The molecule has 1 rings (SSSR count). The van der Waals surface area contributed by atoms with E-state index in [4.69, 9.17) is 0 Å². The van der Waals surface area contributed by atoms with Crippen LogP contribution in [-0.2, 0) is 0 Å². The standard InChI is InChI=1S/C5H6B/c1-5-2-3-6-4-5/h2-4H,1H3. The van der Waals surface area contributed by atoms with Crippen LogP contribution in [-0.4, -0.2) is 7.28 Å². The maximum atomic E-state index is 2.08. The Balaban J connectivity index is 2.68. The first kappa shape index (κ1) is 3.73. The molecule has 0 nitrogen and oxygen atoms in total. The lowest BCUT2D eigenvalue weighted by Gasteiger charge is -1.73. The quantitative estimate of drug-likeness (QED) is 0.380. The molecule has 0 bridgehead atoms. The minimum absolute atomic E-state index is 1.34. The first-order valence-electron chi connectivity index (χ1n) is 2.08. The molecule has 0 saturated heterocycles.